The van der Waals surface area contributed by atoms with Gasteiger partial charge in [-0.1, -0.05) is 48.3 Å². The number of hydrogen-bond donors (Lipinski definition) is 1. The van der Waals surface area contributed by atoms with Crippen LogP contribution in [0.25, 0.3) is 0 Å². The van der Waals surface area contributed by atoms with Crippen molar-refractivity contribution in [2.24, 2.45) is 0 Å². The largest absolute Gasteiger partial charge is 0.484 e. The van der Waals surface area contributed by atoms with Crippen LogP contribution in [0.15, 0.2) is 42.5 Å². The van der Waals surface area contributed by atoms with Gasteiger partial charge in [-0.2, -0.15) is 0 Å². The molecule has 5 nitrogen and oxygen atoms in total. The second-order valence-electron chi connectivity index (χ2n) is 8.48. The number of benzene rings is 2. The minimum atomic E-state index is -0.654. The zero-order valence-electron chi connectivity index (χ0n) is 18.7. The molecule has 1 unspecified atom stereocenters. The number of carbonyl (C=O) groups is 2. The average molecular weight is 465 g/mol. The third-order valence-corrected chi connectivity index (χ3v) is 5.47. The average Bonchev–Trinajstić information content (AvgIpc) is 2.68. The van der Waals surface area contributed by atoms with Crippen LogP contribution >= 0.6 is 23.2 Å². The van der Waals surface area contributed by atoms with Crippen LogP contribution in [0.3, 0.4) is 0 Å². The summed E-state index contributed by atoms with van der Waals surface area (Å²) in [6.07, 6.45) is 0.457. The second kappa shape index (κ2) is 10.9. The second-order valence-corrected chi connectivity index (χ2v) is 9.29. The molecule has 0 fully saturated rings. The lowest BCUT2D eigenvalue weighted by Gasteiger charge is -2.33. The molecule has 0 radical (unpaired) electrons. The first-order chi connectivity index (χ1) is 14.5. The van der Waals surface area contributed by atoms with Crippen LogP contribution in [-0.2, 0) is 16.1 Å². The molecule has 2 rings (SSSR count). The molecule has 31 heavy (non-hydrogen) atoms. The van der Waals surface area contributed by atoms with Crippen molar-refractivity contribution in [1.29, 1.82) is 0 Å². The van der Waals surface area contributed by atoms with E-state index in [0.717, 1.165) is 11.1 Å². The Morgan fingerprint density at radius 3 is 2.35 bits per heavy atom. The molecule has 1 N–H and O–H groups in total. The van der Waals surface area contributed by atoms with E-state index >= 15 is 0 Å². The van der Waals surface area contributed by atoms with Gasteiger partial charge in [0.05, 0.1) is 0 Å². The number of rotatable bonds is 8. The minimum absolute atomic E-state index is 0.204. The van der Waals surface area contributed by atoms with Crippen molar-refractivity contribution in [3.05, 3.63) is 63.6 Å². The van der Waals surface area contributed by atoms with Crippen LogP contribution in [0.4, 0.5) is 0 Å². The van der Waals surface area contributed by atoms with Crippen molar-refractivity contribution in [2.75, 3.05) is 6.61 Å². The van der Waals surface area contributed by atoms with Gasteiger partial charge in [0.25, 0.3) is 5.91 Å². The SMILES string of the molecule is CCC(C(=O)NC(C)(C)C)N(Cc1ccccc1Cl)C(=O)COc1ccc(Cl)c(C)c1. The summed E-state index contributed by atoms with van der Waals surface area (Å²) in [5.74, 6) is 0.0290. The Labute approximate surface area is 194 Å². The summed E-state index contributed by atoms with van der Waals surface area (Å²) in [6, 6.07) is 11.9. The van der Waals surface area contributed by atoms with E-state index in [1.807, 2.05) is 52.8 Å². The van der Waals surface area contributed by atoms with Gasteiger partial charge in [0.2, 0.25) is 5.91 Å². The molecule has 0 aliphatic rings. The van der Waals surface area contributed by atoms with Crippen LogP contribution in [-0.4, -0.2) is 34.9 Å². The Balaban J connectivity index is 2.26. The maximum Gasteiger partial charge on any atom is 0.261 e. The summed E-state index contributed by atoms with van der Waals surface area (Å²) in [5, 5.41) is 4.14. The zero-order valence-corrected chi connectivity index (χ0v) is 20.2. The molecule has 0 spiro atoms. The number of ether oxygens (including phenoxy) is 1. The molecule has 2 aromatic rings. The summed E-state index contributed by atoms with van der Waals surface area (Å²) >= 11 is 12.4. The molecule has 0 heterocycles. The van der Waals surface area contributed by atoms with E-state index < -0.39 is 11.6 Å². The van der Waals surface area contributed by atoms with Crippen molar-refractivity contribution in [1.82, 2.24) is 10.2 Å². The summed E-state index contributed by atoms with van der Waals surface area (Å²) in [5.41, 5.74) is 1.21. The fourth-order valence-electron chi connectivity index (χ4n) is 3.12. The third kappa shape index (κ3) is 7.44. The van der Waals surface area contributed by atoms with Gasteiger partial charge >= 0.3 is 0 Å². The van der Waals surface area contributed by atoms with Gasteiger partial charge in [-0.05, 0) is 69.5 Å². The van der Waals surface area contributed by atoms with Gasteiger partial charge in [-0.3, -0.25) is 9.59 Å². The lowest BCUT2D eigenvalue weighted by molar-refractivity contribution is -0.143. The summed E-state index contributed by atoms with van der Waals surface area (Å²) in [6.45, 7) is 9.47. The van der Waals surface area contributed by atoms with E-state index in [0.29, 0.717) is 22.2 Å². The number of amides is 2. The summed E-state index contributed by atoms with van der Waals surface area (Å²) < 4.78 is 5.71. The minimum Gasteiger partial charge on any atom is -0.484 e. The van der Waals surface area contributed by atoms with Crippen LogP contribution < -0.4 is 10.1 Å². The van der Waals surface area contributed by atoms with E-state index in [-0.39, 0.29) is 25.0 Å². The number of aryl methyl sites for hydroxylation is 1. The van der Waals surface area contributed by atoms with Gasteiger partial charge in [-0.25, -0.2) is 0 Å². The Bertz CT molecular complexity index is 925. The smallest absolute Gasteiger partial charge is 0.261 e. The molecule has 7 heteroatoms. The quantitative estimate of drug-likeness (QED) is 0.568. The van der Waals surface area contributed by atoms with Crippen molar-refractivity contribution in [3.63, 3.8) is 0 Å². The van der Waals surface area contributed by atoms with Crippen molar-refractivity contribution < 1.29 is 14.3 Å². The fraction of sp³-hybridized carbons (Fsp3) is 0.417. The Morgan fingerprint density at radius 2 is 1.77 bits per heavy atom. The molecule has 0 aliphatic carbocycles. The Morgan fingerprint density at radius 1 is 1.10 bits per heavy atom. The Kier molecular flexibility index (Phi) is 8.78. The lowest BCUT2D eigenvalue weighted by atomic mass is 10.1. The normalized spacial score (nSPS) is 12.2. The molecule has 0 bridgehead atoms. The molecule has 1 atom stereocenters. The predicted molar refractivity (Wildman–Crippen MR) is 126 cm³/mol. The van der Waals surface area contributed by atoms with Gasteiger partial charge in [0.15, 0.2) is 6.61 Å². The molecule has 0 aliphatic heterocycles. The van der Waals surface area contributed by atoms with Crippen molar-refractivity contribution in [2.45, 2.75) is 59.2 Å². The molecule has 0 saturated heterocycles. The summed E-state index contributed by atoms with van der Waals surface area (Å²) in [7, 11) is 0. The van der Waals surface area contributed by atoms with E-state index in [1.165, 1.54) is 4.90 Å². The Hall–Kier alpha value is -2.24. The number of nitrogens with zero attached hydrogens (tertiary/aromatic N) is 1. The lowest BCUT2D eigenvalue weighted by Crippen LogP contribution is -2.54. The molecular formula is C24H30Cl2N2O3. The van der Waals surface area contributed by atoms with Crippen LogP contribution in [0.5, 0.6) is 5.75 Å². The van der Waals surface area contributed by atoms with Crippen molar-refractivity contribution in [3.8, 4) is 5.75 Å². The topological polar surface area (TPSA) is 58.6 Å². The number of carbonyl (C=O) groups excluding carboxylic acids is 2. The molecule has 2 aromatic carbocycles. The number of hydrogen-bond acceptors (Lipinski definition) is 3. The number of halogens is 2. The maximum atomic E-state index is 13.2. The zero-order chi connectivity index (χ0) is 23.2. The standard InChI is InChI=1S/C24H30Cl2N2O3/c1-6-21(23(30)27-24(3,4)5)28(14-17-9-7-8-10-20(17)26)22(29)15-31-18-11-12-19(25)16(2)13-18/h7-13,21H,6,14-15H2,1-5H3,(H,27,30). The van der Waals surface area contributed by atoms with Gasteiger partial charge in [0.1, 0.15) is 11.8 Å². The van der Waals surface area contributed by atoms with E-state index in [2.05, 4.69) is 5.32 Å². The first kappa shape index (κ1) is 25.0. The van der Waals surface area contributed by atoms with E-state index in [1.54, 1.807) is 24.3 Å². The van der Waals surface area contributed by atoms with Crippen LogP contribution in [0, 0.1) is 6.92 Å². The van der Waals surface area contributed by atoms with Gasteiger partial charge in [-0.15, -0.1) is 0 Å². The maximum absolute atomic E-state index is 13.2. The van der Waals surface area contributed by atoms with Crippen molar-refractivity contribution >= 4 is 35.0 Å². The molecule has 168 valence electrons. The van der Waals surface area contributed by atoms with Gasteiger partial charge < -0.3 is 15.0 Å². The van der Waals surface area contributed by atoms with Crippen LogP contribution in [0.1, 0.15) is 45.2 Å². The summed E-state index contributed by atoms with van der Waals surface area (Å²) in [4.78, 5) is 27.7. The first-order valence-electron chi connectivity index (χ1n) is 10.3. The molecule has 0 saturated carbocycles. The van der Waals surface area contributed by atoms with Crippen LogP contribution in [0.2, 0.25) is 10.0 Å². The predicted octanol–water partition coefficient (Wildman–Crippen LogP) is 5.40. The fourth-order valence-corrected chi connectivity index (χ4v) is 3.43. The highest BCUT2D eigenvalue weighted by atomic mass is 35.5. The molecule has 2 amide bonds. The number of nitrogens with one attached hydrogen (secondary N) is 1. The van der Waals surface area contributed by atoms with Gasteiger partial charge in [0, 0.05) is 22.1 Å². The highest BCUT2D eigenvalue weighted by molar-refractivity contribution is 6.31. The highest BCUT2D eigenvalue weighted by Crippen LogP contribution is 2.23. The first-order valence-corrected chi connectivity index (χ1v) is 11.0. The third-order valence-electron chi connectivity index (χ3n) is 4.67. The monoisotopic (exact) mass is 464 g/mol. The molecular weight excluding hydrogens is 435 g/mol. The van der Waals surface area contributed by atoms with E-state index in [4.69, 9.17) is 27.9 Å². The van der Waals surface area contributed by atoms with E-state index in [9.17, 15) is 9.59 Å². The molecule has 0 aromatic heterocycles. The highest BCUT2D eigenvalue weighted by Gasteiger charge is 2.31.